The molecule has 1 fully saturated rings. The van der Waals surface area contributed by atoms with Gasteiger partial charge in [-0.3, -0.25) is 4.21 Å². The number of nitrogens with zero attached hydrogens (tertiary/aromatic N) is 5. The van der Waals surface area contributed by atoms with Crippen LogP contribution in [0.25, 0.3) is 17.0 Å². The molecule has 1 aliphatic rings. The van der Waals surface area contributed by atoms with Gasteiger partial charge in [-0.1, -0.05) is 6.42 Å². The second-order valence-electron chi connectivity index (χ2n) is 5.49. The molecule has 1 unspecified atom stereocenters. The summed E-state index contributed by atoms with van der Waals surface area (Å²) in [6.45, 7) is 0. The van der Waals surface area contributed by atoms with Gasteiger partial charge < -0.3 is 0 Å². The minimum atomic E-state index is -1.20. The Bertz CT molecular complexity index is 871. The van der Waals surface area contributed by atoms with Crippen molar-refractivity contribution in [2.45, 2.75) is 30.3 Å². The van der Waals surface area contributed by atoms with Crippen LogP contribution in [0.1, 0.15) is 30.7 Å². The van der Waals surface area contributed by atoms with Gasteiger partial charge in [0.1, 0.15) is 0 Å². The number of hydrogen-bond acceptors (Lipinski definition) is 5. The van der Waals surface area contributed by atoms with Crippen molar-refractivity contribution < 1.29 is 4.21 Å². The van der Waals surface area contributed by atoms with Gasteiger partial charge in [-0.2, -0.15) is 5.10 Å². The third kappa shape index (κ3) is 2.21. The Labute approximate surface area is 130 Å². The molecule has 0 aromatic carbocycles. The van der Waals surface area contributed by atoms with Gasteiger partial charge >= 0.3 is 0 Å². The molecular formula is C15H15N5OS. The molecule has 3 aromatic rings. The Morgan fingerprint density at radius 1 is 1.23 bits per heavy atom. The van der Waals surface area contributed by atoms with Crippen LogP contribution in [0, 0.1) is 0 Å². The lowest BCUT2D eigenvalue weighted by molar-refractivity contribution is 0.421. The lowest BCUT2D eigenvalue weighted by atomic mass is 9.81. The zero-order chi connectivity index (χ0) is 15.1. The highest BCUT2D eigenvalue weighted by molar-refractivity contribution is 7.84. The van der Waals surface area contributed by atoms with E-state index in [0.29, 0.717) is 16.8 Å². The monoisotopic (exact) mass is 313 g/mol. The predicted octanol–water partition coefficient (Wildman–Crippen LogP) is 2.19. The molecule has 0 aliphatic heterocycles. The van der Waals surface area contributed by atoms with Crippen LogP contribution in [-0.2, 0) is 10.8 Å². The number of hydrogen-bond donors (Lipinski definition) is 0. The fourth-order valence-electron chi connectivity index (χ4n) is 2.66. The highest BCUT2D eigenvalue weighted by Gasteiger charge is 2.23. The summed E-state index contributed by atoms with van der Waals surface area (Å²) in [6.07, 6.45) is 10.7. The Balaban J connectivity index is 1.81. The van der Waals surface area contributed by atoms with E-state index in [2.05, 4.69) is 15.1 Å². The molecule has 1 saturated carbocycles. The van der Waals surface area contributed by atoms with Gasteiger partial charge in [-0.05, 0) is 30.9 Å². The summed E-state index contributed by atoms with van der Waals surface area (Å²) in [5.41, 5.74) is 3.53. The zero-order valence-corrected chi connectivity index (χ0v) is 13.0. The molecule has 112 valence electrons. The zero-order valence-electron chi connectivity index (χ0n) is 12.1. The van der Waals surface area contributed by atoms with E-state index in [4.69, 9.17) is 4.98 Å². The van der Waals surface area contributed by atoms with Crippen molar-refractivity contribution in [1.82, 2.24) is 24.6 Å². The van der Waals surface area contributed by atoms with Crippen molar-refractivity contribution in [3.8, 4) is 11.4 Å². The van der Waals surface area contributed by atoms with E-state index < -0.39 is 10.8 Å². The number of rotatable bonds is 3. The van der Waals surface area contributed by atoms with Crippen molar-refractivity contribution in [1.29, 1.82) is 0 Å². The van der Waals surface area contributed by atoms with Gasteiger partial charge in [-0.25, -0.2) is 19.5 Å². The van der Waals surface area contributed by atoms with Gasteiger partial charge in [0.15, 0.2) is 5.65 Å². The lowest BCUT2D eigenvalue weighted by Gasteiger charge is -2.24. The van der Waals surface area contributed by atoms with E-state index >= 15 is 0 Å². The van der Waals surface area contributed by atoms with Gasteiger partial charge in [-0.15, -0.1) is 0 Å². The summed E-state index contributed by atoms with van der Waals surface area (Å²) in [4.78, 5) is 13.1. The lowest BCUT2D eigenvalue weighted by Crippen LogP contribution is -2.09. The largest absolute Gasteiger partial charge is 0.251 e. The molecule has 0 spiro atoms. The summed E-state index contributed by atoms with van der Waals surface area (Å²) in [6, 6.07) is 3.66. The average molecular weight is 313 g/mol. The molecule has 1 atom stereocenters. The maximum atomic E-state index is 11.5. The van der Waals surface area contributed by atoms with Crippen LogP contribution >= 0.6 is 0 Å². The summed E-state index contributed by atoms with van der Waals surface area (Å²) < 4.78 is 13.3. The first-order valence-corrected chi connectivity index (χ1v) is 8.79. The van der Waals surface area contributed by atoms with Gasteiger partial charge in [0.05, 0.1) is 28.4 Å². The fraction of sp³-hybridized carbons (Fsp3) is 0.333. The highest BCUT2D eigenvalue weighted by Crippen LogP contribution is 2.37. The molecule has 0 saturated heterocycles. The molecule has 1 aliphatic carbocycles. The van der Waals surface area contributed by atoms with Crippen LogP contribution in [0.3, 0.4) is 0 Å². The third-order valence-corrected chi connectivity index (χ3v) is 4.81. The first kappa shape index (κ1) is 13.5. The van der Waals surface area contributed by atoms with Crippen LogP contribution in [-0.4, -0.2) is 35.0 Å². The Morgan fingerprint density at radius 2 is 2.05 bits per heavy atom. The van der Waals surface area contributed by atoms with Gasteiger partial charge in [0, 0.05) is 24.2 Å². The summed E-state index contributed by atoms with van der Waals surface area (Å²) in [5.74, 6) is 0.573. The average Bonchev–Trinajstić information content (AvgIpc) is 2.89. The van der Waals surface area contributed by atoms with Crippen LogP contribution in [0.15, 0.2) is 35.9 Å². The Kier molecular flexibility index (Phi) is 3.22. The van der Waals surface area contributed by atoms with Crippen LogP contribution in [0.4, 0.5) is 0 Å². The van der Waals surface area contributed by atoms with E-state index in [1.54, 1.807) is 23.0 Å². The number of fused-ring (bicyclic) bond motifs is 1. The van der Waals surface area contributed by atoms with Crippen molar-refractivity contribution in [3.63, 3.8) is 0 Å². The topological polar surface area (TPSA) is 73.0 Å². The van der Waals surface area contributed by atoms with Crippen molar-refractivity contribution in [3.05, 3.63) is 36.3 Å². The van der Waals surface area contributed by atoms with E-state index in [9.17, 15) is 4.21 Å². The van der Waals surface area contributed by atoms with E-state index in [1.807, 2.05) is 18.5 Å². The quantitative estimate of drug-likeness (QED) is 0.693. The SMILES string of the molecule is CS(=O)c1nccc(-c2ccn3ncc(C4CCC4)c3n2)n1. The minimum absolute atomic E-state index is 0.326. The third-order valence-electron chi connectivity index (χ3n) is 4.09. The highest BCUT2D eigenvalue weighted by atomic mass is 32.2. The molecule has 3 heterocycles. The second kappa shape index (κ2) is 5.24. The summed E-state index contributed by atoms with van der Waals surface area (Å²) >= 11 is 0. The Hall–Kier alpha value is -2.15. The van der Waals surface area contributed by atoms with Crippen LogP contribution in [0.2, 0.25) is 0 Å². The maximum Gasteiger partial charge on any atom is 0.218 e. The summed E-state index contributed by atoms with van der Waals surface area (Å²) in [5, 5.41) is 4.70. The molecule has 0 radical (unpaired) electrons. The molecule has 0 amide bonds. The predicted molar refractivity (Wildman–Crippen MR) is 82.9 cm³/mol. The molecule has 22 heavy (non-hydrogen) atoms. The molecule has 4 rings (SSSR count). The molecule has 6 nitrogen and oxygen atoms in total. The standard InChI is InChI=1S/C15H15N5OS/c1-22(21)15-16-7-5-12(19-15)13-6-8-20-14(18-13)11(9-17-20)10-3-2-4-10/h5-10H,2-4H2,1H3. The van der Waals surface area contributed by atoms with E-state index in [1.165, 1.54) is 24.8 Å². The second-order valence-corrected chi connectivity index (χ2v) is 6.76. The fourth-order valence-corrected chi connectivity index (χ4v) is 3.09. The van der Waals surface area contributed by atoms with E-state index in [0.717, 1.165) is 11.3 Å². The first-order valence-electron chi connectivity index (χ1n) is 7.23. The van der Waals surface area contributed by atoms with Gasteiger partial charge in [0.2, 0.25) is 5.16 Å². The van der Waals surface area contributed by atoms with Crippen molar-refractivity contribution in [2.24, 2.45) is 0 Å². The van der Waals surface area contributed by atoms with E-state index in [-0.39, 0.29) is 0 Å². The smallest absolute Gasteiger partial charge is 0.218 e. The minimum Gasteiger partial charge on any atom is -0.251 e. The molecule has 3 aromatic heterocycles. The maximum absolute atomic E-state index is 11.5. The normalized spacial score (nSPS) is 16.6. The summed E-state index contributed by atoms with van der Waals surface area (Å²) in [7, 11) is -1.20. The molecule has 0 N–H and O–H groups in total. The molecular weight excluding hydrogens is 298 g/mol. The van der Waals surface area contributed by atoms with Crippen molar-refractivity contribution >= 4 is 16.4 Å². The van der Waals surface area contributed by atoms with Crippen LogP contribution < -0.4 is 0 Å². The molecule has 7 heteroatoms. The molecule has 0 bridgehead atoms. The van der Waals surface area contributed by atoms with Gasteiger partial charge in [0.25, 0.3) is 0 Å². The van der Waals surface area contributed by atoms with Crippen LogP contribution in [0.5, 0.6) is 0 Å². The number of aromatic nitrogens is 5. The van der Waals surface area contributed by atoms with Crippen molar-refractivity contribution in [2.75, 3.05) is 6.26 Å². The Morgan fingerprint density at radius 3 is 2.77 bits per heavy atom. The first-order chi connectivity index (χ1) is 10.7.